The molecular formula is C40H48ClN3O6Si. The van der Waals surface area contributed by atoms with E-state index in [1.807, 2.05) is 18.2 Å². The first-order valence-corrected chi connectivity index (χ1v) is 20.5. The molecule has 1 unspecified atom stereocenters. The normalized spacial score (nSPS) is 15.1. The Morgan fingerprint density at radius 2 is 1.71 bits per heavy atom. The van der Waals surface area contributed by atoms with Gasteiger partial charge in [-0.1, -0.05) is 98.1 Å². The molecule has 11 heteroatoms. The molecule has 5 aromatic rings. The van der Waals surface area contributed by atoms with Crippen LogP contribution in [0.25, 0.3) is 22.0 Å². The summed E-state index contributed by atoms with van der Waals surface area (Å²) >= 11 is 6.98. The lowest BCUT2D eigenvalue weighted by molar-refractivity contribution is -0.169. The summed E-state index contributed by atoms with van der Waals surface area (Å²) in [6.07, 6.45) is 5.77. The van der Waals surface area contributed by atoms with Gasteiger partial charge >= 0.3 is 5.97 Å². The van der Waals surface area contributed by atoms with Gasteiger partial charge in [0.25, 0.3) is 8.32 Å². The number of aromatic nitrogens is 3. The maximum atomic E-state index is 12.9. The molecule has 0 saturated carbocycles. The van der Waals surface area contributed by atoms with E-state index in [0.717, 1.165) is 49.1 Å². The third-order valence-electron chi connectivity index (χ3n) is 10.1. The van der Waals surface area contributed by atoms with Crippen molar-refractivity contribution in [2.45, 2.75) is 77.4 Å². The maximum absolute atomic E-state index is 12.9. The van der Waals surface area contributed by atoms with Crippen molar-refractivity contribution in [2.75, 3.05) is 13.2 Å². The van der Waals surface area contributed by atoms with Gasteiger partial charge in [0.15, 0.2) is 6.29 Å². The van der Waals surface area contributed by atoms with Gasteiger partial charge in [0.2, 0.25) is 0 Å². The molecule has 1 aliphatic heterocycles. The predicted molar refractivity (Wildman–Crippen MR) is 203 cm³/mol. The molecule has 3 aromatic carbocycles. The Morgan fingerprint density at radius 3 is 2.31 bits per heavy atom. The second-order valence-electron chi connectivity index (χ2n) is 13.3. The van der Waals surface area contributed by atoms with E-state index in [1.54, 1.807) is 29.4 Å². The van der Waals surface area contributed by atoms with Crippen LogP contribution in [0.5, 0.6) is 0 Å². The minimum Gasteiger partial charge on any atom is -0.477 e. The number of aliphatic hydroxyl groups is 1. The number of hydrogen-bond donors (Lipinski definition) is 2. The number of fused-ring (bicyclic) bond motifs is 1. The Balaban J connectivity index is 1.35. The first-order valence-electron chi connectivity index (χ1n) is 18.0. The Labute approximate surface area is 305 Å². The fourth-order valence-electron chi connectivity index (χ4n) is 7.60. The quantitative estimate of drug-likeness (QED) is 0.0834. The number of carboxylic acids is 1. The van der Waals surface area contributed by atoms with Crippen molar-refractivity contribution in [3.63, 3.8) is 0 Å². The second-order valence-corrected chi connectivity index (χ2v) is 17.3. The van der Waals surface area contributed by atoms with Gasteiger partial charge in [-0.15, -0.1) is 0 Å². The third kappa shape index (κ3) is 7.58. The molecule has 1 aliphatic rings. The maximum Gasteiger partial charge on any atom is 0.352 e. The lowest BCUT2D eigenvalue weighted by Gasteiger charge is -2.33. The average molecular weight is 730 g/mol. The molecule has 6 rings (SSSR count). The van der Waals surface area contributed by atoms with Gasteiger partial charge in [-0.3, -0.25) is 4.68 Å². The van der Waals surface area contributed by atoms with Crippen LogP contribution in [-0.2, 0) is 47.6 Å². The number of carboxylic acid groups (broad SMARTS) is 1. The molecule has 2 N–H and O–H groups in total. The van der Waals surface area contributed by atoms with E-state index < -0.39 is 14.3 Å². The molecule has 0 aliphatic carbocycles. The zero-order chi connectivity index (χ0) is 36.0. The highest BCUT2D eigenvalue weighted by Crippen LogP contribution is 2.42. The topological polar surface area (TPSA) is 108 Å². The van der Waals surface area contributed by atoms with Crippen LogP contribution in [0.15, 0.2) is 72.8 Å². The molecule has 3 heterocycles. The highest BCUT2D eigenvalue weighted by molar-refractivity contribution is 6.97. The summed E-state index contributed by atoms with van der Waals surface area (Å²) in [6, 6.07) is 25.8. The number of aliphatic hydroxyl groups excluding tert-OH is 1. The van der Waals surface area contributed by atoms with Crippen LogP contribution in [0.2, 0.25) is 11.1 Å². The largest absolute Gasteiger partial charge is 0.477 e. The van der Waals surface area contributed by atoms with Crippen molar-refractivity contribution in [1.82, 2.24) is 14.3 Å². The van der Waals surface area contributed by atoms with Crippen molar-refractivity contribution in [3.05, 3.63) is 100 Å². The van der Waals surface area contributed by atoms with Gasteiger partial charge in [0, 0.05) is 43.8 Å². The molecule has 1 saturated heterocycles. The van der Waals surface area contributed by atoms with E-state index in [4.69, 9.17) is 30.6 Å². The summed E-state index contributed by atoms with van der Waals surface area (Å²) in [5.41, 5.74) is 4.05. The van der Waals surface area contributed by atoms with Gasteiger partial charge in [-0.05, 0) is 60.2 Å². The van der Waals surface area contributed by atoms with Crippen LogP contribution in [0.3, 0.4) is 0 Å². The molecule has 2 aromatic heterocycles. The number of rotatable bonds is 16. The molecule has 270 valence electrons. The van der Waals surface area contributed by atoms with Gasteiger partial charge < -0.3 is 28.7 Å². The van der Waals surface area contributed by atoms with Crippen molar-refractivity contribution >= 4 is 47.2 Å². The summed E-state index contributed by atoms with van der Waals surface area (Å²) in [5, 5.41) is 29.5. The molecule has 1 atom stereocenters. The minimum atomic E-state index is -2.58. The smallest absolute Gasteiger partial charge is 0.352 e. The van der Waals surface area contributed by atoms with E-state index >= 15 is 0 Å². The summed E-state index contributed by atoms with van der Waals surface area (Å²) in [5.74, 6) is -1.02. The average Bonchev–Trinajstić information content (AvgIpc) is 3.63. The molecule has 0 bridgehead atoms. The number of nitrogens with zero attached hydrogens (tertiary/aromatic N) is 3. The summed E-state index contributed by atoms with van der Waals surface area (Å²) in [4.78, 5) is 12.9. The zero-order valence-electron chi connectivity index (χ0n) is 29.7. The molecule has 1 fully saturated rings. The number of ether oxygens (including phenoxy) is 2. The fraction of sp³-hybridized carbons (Fsp3) is 0.400. The van der Waals surface area contributed by atoms with Gasteiger partial charge in [0.1, 0.15) is 5.69 Å². The molecule has 9 nitrogen and oxygen atoms in total. The number of hydrogen-bond acceptors (Lipinski definition) is 6. The highest BCUT2D eigenvalue weighted by Gasteiger charge is 2.39. The van der Waals surface area contributed by atoms with Crippen molar-refractivity contribution in [2.24, 2.45) is 14.1 Å². The standard InChI is InChI=1S/C40H48ClN3O6Si/c1-4-5-25-51(28-15-8-6-9-16-28,29-17-10-7-11-18-29)50-24-14-19-30-31-21-22-32(41)36(38(31)43(2)39(30)40(46)47)37-33(42-44(3)34(37)26-45)27-49-35-20-12-13-23-48-35/h6-11,15-18,21-22,35,45H,4-5,12-14,19-20,23-27H2,1-3H3,(H,46,47). The lowest BCUT2D eigenvalue weighted by Crippen LogP contribution is -2.60. The van der Waals surface area contributed by atoms with Gasteiger partial charge in [-0.2, -0.15) is 5.10 Å². The monoisotopic (exact) mass is 729 g/mol. The molecular weight excluding hydrogens is 682 g/mol. The predicted octanol–water partition coefficient (Wildman–Crippen LogP) is 6.98. The molecule has 0 amide bonds. The van der Waals surface area contributed by atoms with E-state index in [-0.39, 0.29) is 25.2 Å². The van der Waals surface area contributed by atoms with Gasteiger partial charge in [0.05, 0.1) is 35.1 Å². The number of aromatic carboxylic acids is 1. The number of carbonyl (C=O) groups is 1. The van der Waals surface area contributed by atoms with Gasteiger partial charge in [-0.25, -0.2) is 4.79 Å². The van der Waals surface area contributed by atoms with Crippen LogP contribution in [-0.4, -0.2) is 58.4 Å². The Kier molecular flexibility index (Phi) is 12.1. The van der Waals surface area contributed by atoms with Crippen LogP contribution in [0, 0.1) is 0 Å². The first kappa shape index (κ1) is 37.0. The van der Waals surface area contributed by atoms with E-state index in [1.165, 1.54) is 10.4 Å². The van der Waals surface area contributed by atoms with Crippen LogP contribution < -0.4 is 10.4 Å². The summed E-state index contributed by atoms with van der Waals surface area (Å²) in [7, 11) is 0.960. The van der Waals surface area contributed by atoms with Crippen molar-refractivity contribution in [1.29, 1.82) is 0 Å². The Hall–Kier alpha value is -3.77. The lowest BCUT2D eigenvalue weighted by atomic mass is 9.98. The number of aryl methyl sites for hydroxylation is 3. The molecule has 0 radical (unpaired) electrons. The molecule has 0 spiro atoms. The second kappa shape index (κ2) is 16.7. The van der Waals surface area contributed by atoms with E-state index in [9.17, 15) is 15.0 Å². The highest BCUT2D eigenvalue weighted by atomic mass is 35.5. The first-order chi connectivity index (χ1) is 24.8. The Bertz CT molecular complexity index is 1900. The molecule has 51 heavy (non-hydrogen) atoms. The Morgan fingerprint density at radius 1 is 1.00 bits per heavy atom. The van der Waals surface area contributed by atoms with Crippen LogP contribution >= 0.6 is 11.6 Å². The summed E-state index contributed by atoms with van der Waals surface area (Å²) in [6.45, 7) is 3.23. The number of unbranched alkanes of at least 4 members (excludes halogenated alkanes) is 1. The zero-order valence-corrected chi connectivity index (χ0v) is 31.5. The van der Waals surface area contributed by atoms with Crippen molar-refractivity contribution in [3.8, 4) is 11.1 Å². The third-order valence-corrected chi connectivity index (χ3v) is 14.7. The summed E-state index contributed by atoms with van der Waals surface area (Å²) < 4.78 is 22.4. The minimum absolute atomic E-state index is 0.160. The number of halogens is 1. The van der Waals surface area contributed by atoms with Crippen molar-refractivity contribution < 1.29 is 28.9 Å². The SMILES string of the molecule is CCCC[Si](OCCCc1c(C(=O)O)n(C)c2c(-c3c(COC4CCCCO4)nn(C)c3CO)c(Cl)ccc12)(c1ccccc1)c1ccccc1. The fourth-order valence-corrected chi connectivity index (χ4v) is 12.0. The number of benzene rings is 3. The van der Waals surface area contributed by atoms with Crippen LogP contribution in [0.1, 0.15) is 72.9 Å². The van der Waals surface area contributed by atoms with Crippen LogP contribution in [0.4, 0.5) is 0 Å². The van der Waals surface area contributed by atoms with E-state index in [0.29, 0.717) is 59.1 Å². The van der Waals surface area contributed by atoms with E-state index in [2.05, 4.69) is 55.5 Å².